The van der Waals surface area contributed by atoms with Gasteiger partial charge in [-0.2, -0.15) is 5.10 Å². The summed E-state index contributed by atoms with van der Waals surface area (Å²) in [5.41, 5.74) is 3.47. The van der Waals surface area contributed by atoms with Crippen LogP contribution in [0.25, 0.3) is 5.65 Å². The molecule has 0 aliphatic heterocycles. The van der Waals surface area contributed by atoms with Crippen molar-refractivity contribution in [3.05, 3.63) is 101 Å². The molecule has 0 fully saturated rings. The third kappa shape index (κ3) is 4.22. The van der Waals surface area contributed by atoms with Crippen LogP contribution in [0.15, 0.2) is 99.1 Å². The highest BCUT2D eigenvalue weighted by atomic mass is 32.2. The Morgan fingerprint density at radius 1 is 1.07 bits per heavy atom. The molecule has 0 saturated heterocycles. The molecule has 0 saturated carbocycles. The van der Waals surface area contributed by atoms with Gasteiger partial charge in [0.05, 0.1) is 11.8 Å². The number of amides is 1. The maximum atomic E-state index is 13.0. The Bertz CT molecular complexity index is 1240. The molecule has 1 amide bonds. The summed E-state index contributed by atoms with van der Waals surface area (Å²) in [6, 6.07) is 19.7. The largest absolute Gasteiger partial charge is 0.271 e. The summed E-state index contributed by atoms with van der Waals surface area (Å²) in [5, 5.41) is 5.30. The Morgan fingerprint density at radius 3 is 2.66 bits per heavy atom. The first-order chi connectivity index (χ1) is 14.2. The summed E-state index contributed by atoms with van der Waals surface area (Å²) in [7, 11) is 0. The van der Waals surface area contributed by atoms with Crippen molar-refractivity contribution in [3.63, 3.8) is 0 Å². The molecule has 0 radical (unpaired) electrons. The molecule has 4 aromatic rings. The maximum Gasteiger partial charge on any atom is 0.271 e. The van der Waals surface area contributed by atoms with Gasteiger partial charge < -0.3 is 0 Å². The van der Waals surface area contributed by atoms with Gasteiger partial charge in [0.15, 0.2) is 6.20 Å². The van der Waals surface area contributed by atoms with Gasteiger partial charge in [0.1, 0.15) is 10.7 Å². The normalized spacial score (nSPS) is 11.0. The minimum Gasteiger partial charge on any atom is -0.268 e. The molecule has 0 aliphatic rings. The molecule has 0 unspecified atom stereocenters. The van der Waals surface area contributed by atoms with E-state index in [-0.39, 0.29) is 17.0 Å². The third-order valence-corrected chi connectivity index (χ3v) is 5.00. The third-order valence-electron chi connectivity index (χ3n) is 4.02. The van der Waals surface area contributed by atoms with E-state index < -0.39 is 0 Å². The van der Waals surface area contributed by atoms with Crippen molar-refractivity contribution in [2.45, 2.75) is 10.1 Å². The van der Waals surface area contributed by atoms with Gasteiger partial charge in [0, 0.05) is 35.7 Å². The summed E-state index contributed by atoms with van der Waals surface area (Å²) in [6.45, 7) is 0. The van der Waals surface area contributed by atoms with Gasteiger partial charge in [-0.05, 0) is 30.3 Å². The summed E-state index contributed by atoms with van der Waals surface area (Å²) >= 11 is 1.31. The van der Waals surface area contributed by atoms with Crippen molar-refractivity contribution < 1.29 is 9.78 Å². The fourth-order valence-electron chi connectivity index (χ4n) is 2.62. The monoisotopic (exact) mass is 402 g/mol. The molecule has 0 bridgehead atoms. The Hall–Kier alpha value is -3.78. The predicted octanol–water partition coefficient (Wildman–Crippen LogP) is 2.42. The number of H-pyrrole nitrogens is 1. The van der Waals surface area contributed by atoms with Gasteiger partial charge in [-0.15, -0.1) is 0 Å². The number of rotatable bonds is 5. The van der Waals surface area contributed by atoms with Crippen molar-refractivity contribution in [1.29, 1.82) is 0 Å². The fourth-order valence-corrected chi connectivity index (χ4v) is 3.50. The van der Waals surface area contributed by atoms with Gasteiger partial charge in [0.2, 0.25) is 5.03 Å². The molecule has 0 atom stereocenters. The quantitative estimate of drug-likeness (QED) is 0.315. The molecule has 7 nitrogen and oxygen atoms in total. The molecule has 3 heterocycles. The van der Waals surface area contributed by atoms with Crippen LogP contribution in [0, 0.1) is 0 Å². The number of benzene rings is 1. The number of hydrogen-bond donors (Lipinski definition) is 1. The number of carbonyl (C=O) groups excluding carboxylic acids is 1. The first-order valence-electron chi connectivity index (χ1n) is 8.77. The van der Waals surface area contributed by atoms with E-state index in [1.54, 1.807) is 48.8 Å². The first-order valence-corrected chi connectivity index (χ1v) is 9.58. The van der Waals surface area contributed by atoms with Crippen LogP contribution in [0.2, 0.25) is 0 Å². The average molecular weight is 402 g/mol. The second-order valence-corrected chi connectivity index (χ2v) is 6.99. The number of fused-ring (bicyclic) bond motifs is 1. The summed E-state index contributed by atoms with van der Waals surface area (Å²) < 4.78 is 1.44. The molecule has 2 N–H and O–H groups in total. The number of aromatic nitrogens is 3. The Balaban J connectivity index is 1.69. The first kappa shape index (κ1) is 18.6. The van der Waals surface area contributed by atoms with Crippen LogP contribution >= 0.6 is 11.8 Å². The van der Waals surface area contributed by atoms with E-state index in [9.17, 15) is 9.59 Å². The van der Waals surface area contributed by atoms with Crippen molar-refractivity contribution in [1.82, 2.24) is 14.8 Å². The molecular formula is C21H16N5O2S+. The van der Waals surface area contributed by atoms with E-state index in [0.717, 1.165) is 5.03 Å². The lowest BCUT2D eigenvalue weighted by molar-refractivity contribution is -0.426. The summed E-state index contributed by atoms with van der Waals surface area (Å²) in [6.07, 6.45) is 4.78. The number of nitrogens with zero attached hydrogens (tertiary/aromatic N) is 3. The second-order valence-electron chi connectivity index (χ2n) is 5.96. The van der Waals surface area contributed by atoms with Crippen LogP contribution in [0.4, 0.5) is 0 Å². The zero-order valence-electron chi connectivity index (χ0n) is 15.1. The Kier molecular flexibility index (Phi) is 5.44. The molecule has 0 aliphatic carbocycles. The minimum absolute atomic E-state index is 0.272. The Morgan fingerprint density at radius 2 is 1.86 bits per heavy atom. The SMILES string of the molecule is O=C(N/N=C/c1c(Sc2cccc[nH+]2)nc2ccccn2c1=O)c1ccccc1. The number of nitrogens with one attached hydrogen (secondary N) is 2. The smallest absolute Gasteiger partial charge is 0.268 e. The minimum atomic E-state index is -0.360. The van der Waals surface area contributed by atoms with Crippen molar-refractivity contribution in [2.75, 3.05) is 0 Å². The van der Waals surface area contributed by atoms with E-state index in [1.165, 1.54) is 22.4 Å². The topological polar surface area (TPSA) is 90.0 Å². The fraction of sp³-hybridized carbons (Fsp3) is 0. The highest BCUT2D eigenvalue weighted by molar-refractivity contribution is 7.99. The van der Waals surface area contributed by atoms with Gasteiger partial charge >= 0.3 is 0 Å². The van der Waals surface area contributed by atoms with Gasteiger partial charge in [-0.25, -0.2) is 15.4 Å². The number of hydrogen-bond acceptors (Lipinski definition) is 5. The van der Waals surface area contributed by atoms with Gasteiger partial charge in [-0.3, -0.25) is 14.0 Å². The van der Waals surface area contributed by atoms with E-state index in [4.69, 9.17) is 0 Å². The van der Waals surface area contributed by atoms with Gasteiger partial charge in [0.25, 0.3) is 11.5 Å². The predicted molar refractivity (Wildman–Crippen MR) is 110 cm³/mol. The van der Waals surface area contributed by atoms with E-state index >= 15 is 0 Å². The van der Waals surface area contributed by atoms with Crippen LogP contribution in [-0.2, 0) is 0 Å². The summed E-state index contributed by atoms with van der Waals surface area (Å²) in [4.78, 5) is 32.9. The van der Waals surface area contributed by atoms with Crippen LogP contribution in [0.1, 0.15) is 15.9 Å². The van der Waals surface area contributed by atoms with Crippen LogP contribution < -0.4 is 16.0 Å². The molecule has 29 heavy (non-hydrogen) atoms. The lowest BCUT2D eigenvalue weighted by Crippen LogP contribution is -2.23. The zero-order valence-corrected chi connectivity index (χ0v) is 16.0. The molecule has 4 rings (SSSR count). The van der Waals surface area contributed by atoms with E-state index in [2.05, 4.69) is 20.5 Å². The lowest BCUT2D eigenvalue weighted by atomic mass is 10.2. The van der Waals surface area contributed by atoms with Crippen LogP contribution in [0.3, 0.4) is 0 Å². The van der Waals surface area contributed by atoms with Crippen molar-refractivity contribution in [2.24, 2.45) is 5.10 Å². The molecule has 1 aromatic carbocycles. The Labute approximate surface area is 170 Å². The second kappa shape index (κ2) is 8.49. The average Bonchev–Trinajstić information content (AvgIpc) is 2.77. The molecular weight excluding hydrogens is 386 g/mol. The number of pyridine rings is 2. The van der Waals surface area contributed by atoms with Crippen LogP contribution in [-0.4, -0.2) is 21.5 Å². The van der Waals surface area contributed by atoms with Crippen molar-refractivity contribution >= 4 is 29.5 Å². The standard InChI is InChI=1S/C21H15N5O2S/c27-19(15-8-2-1-3-9-15)25-23-14-16-20(29-18-11-4-6-12-22-18)24-17-10-5-7-13-26(17)21(16)28/h1-14H,(H,25,27)/p+1/b23-14+. The maximum absolute atomic E-state index is 13.0. The highest BCUT2D eigenvalue weighted by Crippen LogP contribution is 2.23. The molecule has 8 heteroatoms. The van der Waals surface area contributed by atoms with E-state index in [1.807, 2.05) is 30.3 Å². The number of aromatic amines is 1. The number of carbonyl (C=O) groups is 1. The van der Waals surface area contributed by atoms with Gasteiger partial charge in [-0.1, -0.05) is 24.3 Å². The zero-order chi connectivity index (χ0) is 20.1. The van der Waals surface area contributed by atoms with E-state index in [0.29, 0.717) is 16.2 Å². The molecule has 142 valence electrons. The highest BCUT2D eigenvalue weighted by Gasteiger charge is 2.15. The lowest BCUT2D eigenvalue weighted by Gasteiger charge is -2.06. The molecule has 3 aromatic heterocycles. The number of hydrazone groups is 1. The van der Waals surface area contributed by atoms with Crippen molar-refractivity contribution in [3.8, 4) is 0 Å². The van der Waals surface area contributed by atoms with Crippen LogP contribution in [0.5, 0.6) is 0 Å². The molecule has 0 spiro atoms. The summed E-state index contributed by atoms with van der Waals surface area (Å²) in [5.74, 6) is -0.360.